The number of fused-ring (bicyclic) bond motifs is 1. The van der Waals surface area contributed by atoms with E-state index in [2.05, 4.69) is 10.1 Å². The van der Waals surface area contributed by atoms with Crippen LogP contribution in [0.2, 0.25) is 0 Å². The normalized spacial score (nSPS) is 10.8. The molecule has 0 aliphatic carbocycles. The zero-order chi connectivity index (χ0) is 14.8. The van der Waals surface area contributed by atoms with Crippen LogP contribution in [0.5, 0.6) is 0 Å². The number of ether oxygens (including phenoxy) is 1. The maximum absolute atomic E-state index is 13.9. The highest BCUT2D eigenvalue weighted by Gasteiger charge is 2.15. The molecule has 0 spiro atoms. The number of benzene rings is 1. The predicted octanol–water partition coefficient (Wildman–Crippen LogP) is 2.71. The van der Waals surface area contributed by atoms with Gasteiger partial charge in [-0.25, -0.2) is 18.7 Å². The van der Waals surface area contributed by atoms with Crippen LogP contribution in [-0.4, -0.2) is 27.2 Å². The highest BCUT2D eigenvalue weighted by molar-refractivity contribution is 5.88. The maximum atomic E-state index is 13.9. The summed E-state index contributed by atoms with van der Waals surface area (Å²) in [7, 11) is 0. The minimum absolute atomic E-state index is 0.146. The molecule has 3 rings (SSSR count). The van der Waals surface area contributed by atoms with Gasteiger partial charge in [0.25, 0.3) is 0 Å². The van der Waals surface area contributed by atoms with Gasteiger partial charge in [-0.1, -0.05) is 12.1 Å². The fraction of sp³-hybridized carbons (Fsp3) is 0.133. The molecular formula is C15H12FN3O2. The summed E-state index contributed by atoms with van der Waals surface area (Å²) in [4.78, 5) is 15.9. The lowest BCUT2D eigenvalue weighted by atomic mass is 10.1. The third kappa shape index (κ3) is 2.35. The quantitative estimate of drug-likeness (QED) is 0.694. The van der Waals surface area contributed by atoms with Gasteiger partial charge in [0, 0.05) is 17.8 Å². The highest BCUT2D eigenvalue weighted by Crippen LogP contribution is 2.22. The molecule has 0 saturated heterocycles. The molecule has 6 heteroatoms. The van der Waals surface area contributed by atoms with Crippen LogP contribution < -0.4 is 0 Å². The third-order valence-corrected chi connectivity index (χ3v) is 2.99. The minimum atomic E-state index is -0.525. The summed E-state index contributed by atoms with van der Waals surface area (Å²) >= 11 is 0. The van der Waals surface area contributed by atoms with Gasteiger partial charge in [-0.2, -0.15) is 5.10 Å². The fourth-order valence-electron chi connectivity index (χ4n) is 2.07. The molecular weight excluding hydrogens is 273 g/mol. The number of nitrogens with zero attached hydrogens (tertiary/aromatic N) is 3. The van der Waals surface area contributed by atoms with E-state index < -0.39 is 5.97 Å². The highest BCUT2D eigenvalue weighted by atomic mass is 19.1. The van der Waals surface area contributed by atoms with Crippen LogP contribution in [0.25, 0.3) is 16.9 Å². The summed E-state index contributed by atoms with van der Waals surface area (Å²) in [6.45, 7) is 1.98. The van der Waals surface area contributed by atoms with Gasteiger partial charge in [-0.3, -0.25) is 0 Å². The van der Waals surface area contributed by atoms with Crippen molar-refractivity contribution in [2.75, 3.05) is 6.61 Å². The number of halogens is 1. The van der Waals surface area contributed by atoms with E-state index in [4.69, 9.17) is 4.74 Å². The lowest BCUT2D eigenvalue weighted by molar-refractivity contribution is 0.0519. The van der Waals surface area contributed by atoms with Crippen LogP contribution in [-0.2, 0) is 4.74 Å². The second-order valence-electron chi connectivity index (χ2n) is 4.33. The van der Waals surface area contributed by atoms with Crippen molar-refractivity contribution in [2.45, 2.75) is 6.92 Å². The monoisotopic (exact) mass is 285 g/mol. The molecule has 0 N–H and O–H groups in total. The smallest absolute Gasteiger partial charge is 0.358 e. The number of carbonyl (C=O) groups is 1. The first-order chi connectivity index (χ1) is 10.2. The second-order valence-corrected chi connectivity index (χ2v) is 4.33. The average Bonchev–Trinajstić information content (AvgIpc) is 2.92. The molecule has 2 aromatic heterocycles. The fourth-order valence-corrected chi connectivity index (χ4v) is 2.07. The van der Waals surface area contributed by atoms with Gasteiger partial charge < -0.3 is 4.74 Å². The van der Waals surface area contributed by atoms with Gasteiger partial charge >= 0.3 is 5.97 Å². The van der Waals surface area contributed by atoms with Gasteiger partial charge in [-0.05, 0) is 25.1 Å². The molecule has 0 fully saturated rings. The van der Waals surface area contributed by atoms with Crippen molar-refractivity contribution in [2.24, 2.45) is 0 Å². The maximum Gasteiger partial charge on any atom is 0.358 e. The summed E-state index contributed by atoms with van der Waals surface area (Å²) < 4.78 is 20.3. The first-order valence-corrected chi connectivity index (χ1v) is 6.47. The third-order valence-electron chi connectivity index (χ3n) is 2.99. The Morgan fingerprint density at radius 1 is 1.33 bits per heavy atom. The van der Waals surface area contributed by atoms with Crippen LogP contribution >= 0.6 is 0 Å². The molecule has 0 unspecified atom stereocenters. The Balaban J connectivity index is 2.17. The molecule has 2 heterocycles. The second kappa shape index (κ2) is 5.32. The summed E-state index contributed by atoms with van der Waals surface area (Å²) in [5.74, 6) is -0.888. The molecule has 0 saturated carbocycles. The molecule has 0 amide bonds. The zero-order valence-electron chi connectivity index (χ0n) is 11.3. The van der Waals surface area contributed by atoms with Gasteiger partial charge in [0.2, 0.25) is 0 Å². The molecule has 0 bridgehead atoms. The van der Waals surface area contributed by atoms with Crippen molar-refractivity contribution in [3.63, 3.8) is 0 Å². The van der Waals surface area contributed by atoms with Crippen LogP contribution in [0, 0.1) is 5.82 Å². The van der Waals surface area contributed by atoms with Gasteiger partial charge in [-0.15, -0.1) is 0 Å². The number of rotatable bonds is 3. The molecule has 106 valence electrons. The Morgan fingerprint density at radius 3 is 2.90 bits per heavy atom. The van der Waals surface area contributed by atoms with Crippen molar-refractivity contribution >= 4 is 11.6 Å². The molecule has 1 aromatic carbocycles. The summed E-state index contributed by atoms with van der Waals surface area (Å²) in [6.07, 6.45) is 1.55. The summed E-state index contributed by atoms with van der Waals surface area (Å²) in [5.41, 5.74) is 1.52. The van der Waals surface area contributed by atoms with E-state index in [9.17, 15) is 9.18 Å². The molecule has 0 aliphatic rings. The number of carbonyl (C=O) groups excluding carboxylic acids is 1. The Labute approximate surface area is 120 Å². The van der Waals surface area contributed by atoms with E-state index in [0.717, 1.165) is 0 Å². The minimum Gasteiger partial charge on any atom is -0.461 e. The number of hydrogen-bond acceptors (Lipinski definition) is 4. The van der Waals surface area contributed by atoms with E-state index >= 15 is 0 Å². The largest absolute Gasteiger partial charge is 0.461 e. The zero-order valence-corrected chi connectivity index (χ0v) is 11.3. The molecule has 0 aliphatic heterocycles. The Kier molecular flexibility index (Phi) is 3.35. The summed E-state index contributed by atoms with van der Waals surface area (Å²) in [6, 6.07) is 9.54. The molecule has 0 radical (unpaired) electrons. The first-order valence-electron chi connectivity index (χ1n) is 6.47. The number of esters is 1. The molecule has 5 nitrogen and oxygen atoms in total. The van der Waals surface area contributed by atoms with Crippen LogP contribution in [0.3, 0.4) is 0 Å². The number of aromatic nitrogens is 3. The van der Waals surface area contributed by atoms with E-state index in [1.165, 1.54) is 16.6 Å². The first kappa shape index (κ1) is 13.2. The SMILES string of the molecule is CCOC(=O)c1cc2nccc(-c3ccccc3F)n2n1. The van der Waals surface area contributed by atoms with Gasteiger partial charge in [0.1, 0.15) is 5.82 Å². The molecule has 0 atom stereocenters. The van der Waals surface area contributed by atoms with Crippen LogP contribution in [0.1, 0.15) is 17.4 Å². The van der Waals surface area contributed by atoms with Crippen LogP contribution in [0.4, 0.5) is 4.39 Å². The topological polar surface area (TPSA) is 56.5 Å². The van der Waals surface area contributed by atoms with Crippen molar-refractivity contribution in [1.82, 2.24) is 14.6 Å². The Morgan fingerprint density at radius 2 is 2.14 bits per heavy atom. The Hall–Kier alpha value is -2.76. The Bertz CT molecular complexity index is 814. The van der Waals surface area contributed by atoms with E-state index in [-0.39, 0.29) is 18.1 Å². The number of hydrogen-bond donors (Lipinski definition) is 0. The molecule has 21 heavy (non-hydrogen) atoms. The van der Waals surface area contributed by atoms with Gasteiger partial charge in [0.05, 0.1) is 12.3 Å². The lowest BCUT2D eigenvalue weighted by Gasteiger charge is -2.05. The van der Waals surface area contributed by atoms with Crippen molar-refractivity contribution in [3.8, 4) is 11.3 Å². The van der Waals surface area contributed by atoms with E-state index in [1.807, 2.05) is 0 Å². The average molecular weight is 285 g/mol. The van der Waals surface area contributed by atoms with E-state index in [1.54, 1.807) is 37.4 Å². The summed E-state index contributed by atoms with van der Waals surface area (Å²) in [5, 5.41) is 4.16. The molecule has 3 aromatic rings. The van der Waals surface area contributed by atoms with Crippen LogP contribution in [0.15, 0.2) is 42.6 Å². The van der Waals surface area contributed by atoms with Crippen molar-refractivity contribution in [3.05, 3.63) is 54.1 Å². The van der Waals surface area contributed by atoms with Crippen molar-refractivity contribution in [1.29, 1.82) is 0 Å². The van der Waals surface area contributed by atoms with Crippen molar-refractivity contribution < 1.29 is 13.9 Å². The van der Waals surface area contributed by atoms with Gasteiger partial charge in [0.15, 0.2) is 11.3 Å². The van der Waals surface area contributed by atoms with E-state index in [0.29, 0.717) is 16.9 Å². The predicted molar refractivity (Wildman–Crippen MR) is 74.3 cm³/mol. The standard InChI is InChI=1S/C15H12FN3O2/c1-2-21-15(20)12-9-14-17-8-7-13(19(14)18-12)10-5-3-4-6-11(10)16/h3-9H,2H2,1H3. The lowest BCUT2D eigenvalue weighted by Crippen LogP contribution is -2.06.